The molecule has 0 N–H and O–H groups in total. The van der Waals surface area contributed by atoms with Crippen LogP contribution >= 0.6 is 11.3 Å². The minimum absolute atomic E-state index is 0.173. The quantitative estimate of drug-likeness (QED) is 0.658. The molecule has 178 valence electrons. The lowest BCUT2D eigenvalue weighted by Gasteiger charge is -2.37. The molecule has 0 saturated carbocycles. The molecule has 3 aliphatic rings. The second-order valence-electron chi connectivity index (χ2n) is 9.24. The van der Waals surface area contributed by atoms with E-state index >= 15 is 0 Å². The zero-order valence-electron chi connectivity index (χ0n) is 19.2. The summed E-state index contributed by atoms with van der Waals surface area (Å²) in [7, 11) is 0. The van der Waals surface area contributed by atoms with Crippen LogP contribution in [0, 0.1) is 0 Å². The fourth-order valence-corrected chi connectivity index (χ4v) is 6.11. The number of rotatable bonds is 5. The highest BCUT2D eigenvalue weighted by atomic mass is 32.1. The van der Waals surface area contributed by atoms with E-state index in [0.29, 0.717) is 58.4 Å². The van der Waals surface area contributed by atoms with Crippen LogP contribution < -0.4 is 0 Å². The first kappa shape index (κ1) is 22.7. The van der Waals surface area contributed by atoms with E-state index in [2.05, 4.69) is 28.0 Å². The molecule has 1 aromatic heterocycles. The molecule has 0 bridgehead atoms. The van der Waals surface area contributed by atoms with Crippen LogP contribution in [-0.4, -0.2) is 115 Å². The zero-order chi connectivity index (χ0) is 22.6. The Morgan fingerprint density at radius 1 is 0.909 bits per heavy atom. The third-order valence-electron chi connectivity index (χ3n) is 6.97. The summed E-state index contributed by atoms with van der Waals surface area (Å²) in [5.41, 5.74) is 1.08. The number of aromatic nitrogens is 1. The Balaban J connectivity index is 1.08. The fraction of sp³-hybridized carbons (Fsp3) is 0.625. The number of carbonyl (C=O) groups excluding carboxylic acids is 2. The molecule has 3 saturated heterocycles. The van der Waals surface area contributed by atoms with Gasteiger partial charge in [0.25, 0.3) is 0 Å². The first-order valence-corrected chi connectivity index (χ1v) is 12.9. The molecule has 3 aliphatic heterocycles. The van der Waals surface area contributed by atoms with Crippen LogP contribution in [0.3, 0.4) is 0 Å². The molecule has 4 heterocycles. The SMILES string of the molecule is O=C(CN1CCN(C(=O)CN2CCC[C@@H](c3nc4ccccc4s3)C2)CC1)N1CCOCC1. The summed E-state index contributed by atoms with van der Waals surface area (Å²) in [4.78, 5) is 38.7. The van der Waals surface area contributed by atoms with E-state index in [9.17, 15) is 9.59 Å². The third-order valence-corrected chi connectivity index (χ3v) is 8.17. The molecular formula is C24H33N5O3S. The smallest absolute Gasteiger partial charge is 0.236 e. The summed E-state index contributed by atoms with van der Waals surface area (Å²) in [6.45, 7) is 8.35. The molecular weight excluding hydrogens is 438 g/mol. The average Bonchev–Trinajstić information content (AvgIpc) is 3.30. The van der Waals surface area contributed by atoms with Gasteiger partial charge in [-0.05, 0) is 31.5 Å². The van der Waals surface area contributed by atoms with Crippen molar-refractivity contribution in [1.82, 2.24) is 24.6 Å². The van der Waals surface area contributed by atoms with Crippen LogP contribution in [-0.2, 0) is 14.3 Å². The molecule has 2 amide bonds. The van der Waals surface area contributed by atoms with Crippen molar-refractivity contribution in [2.75, 3.05) is 78.7 Å². The number of fused-ring (bicyclic) bond motifs is 1. The molecule has 8 nitrogen and oxygen atoms in total. The van der Waals surface area contributed by atoms with Crippen molar-refractivity contribution in [1.29, 1.82) is 0 Å². The monoisotopic (exact) mass is 471 g/mol. The number of hydrogen-bond donors (Lipinski definition) is 0. The van der Waals surface area contributed by atoms with Crippen molar-refractivity contribution in [2.45, 2.75) is 18.8 Å². The summed E-state index contributed by atoms with van der Waals surface area (Å²) in [6.07, 6.45) is 2.24. The van der Waals surface area contributed by atoms with Gasteiger partial charge in [-0.25, -0.2) is 4.98 Å². The second kappa shape index (κ2) is 10.5. The van der Waals surface area contributed by atoms with Gasteiger partial charge in [0.05, 0.1) is 41.5 Å². The van der Waals surface area contributed by atoms with Gasteiger partial charge in [-0.2, -0.15) is 0 Å². The predicted octanol–water partition coefficient (Wildman–Crippen LogP) is 1.48. The van der Waals surface area contributed by atoms with Crippen molar-refractivity contribution >= 4 is 33.4 Å². The third kappa shape index (κ3) is 5.54. The van der Waals surface area contributed by atoms with Crippen molar-refractivity contribution in [2.24, 2.45) is 0 Å². The molecule has 9 heteroatoms. The first-order chi connectivity index (χ1) is 16.2. The Morgan fingerprint density at radius 3 is 2.36 bits per heavy atom. The molecule has 3 fully saturated rings. The number of piperazine rings is 1. The number of ether oxygens (including phenoxy) is 1. The lowest BCUT2D eigenvalue weighted by atomic mass is 9.98. The van der Waals surface area contributed by atoms with E-state index in [4.69, 9.17) is 9.72 Å². The van der Waals surface area contributed by atoms with Crippen LogP contribution in [0.15, 0.2) is 24.3 Å². The van der Waals surface area contributed by atoms with Crippen LogP contribution in [0.4, 0.5) is 0 Å². The highest BCUT2D eigenvalue weighted by molar-refractivity contribution is 7.18. The largest absolute Gasteiger partial charge is 0.378 e. The number of morpholine rings is 1. The summed E-state index contributed by atoms with van der Waals surface area (Å²) in [5, 5.41) is 1.20. The Labute approximate surface area is 199 Å². The van der Waals surface area contributed by atoms with Crippen LogP contribution in [0.5, 0.6) is 0 Å². The number of carbonyl (C=O) groups is 2. The van der Waals surface area contributed by atoms with E-state index in [-0.39, 0.29) is 11.8 Å². The maximum absolute atomic E-state index is 13.0. The van der Waals surface area contributed by atoms with Gasteiger partial charge in [-0.15, -0.1) is 11.3 Å². The number of hydrogen-bond acceptors (Lipinski definition) is 7. The van der Waals surface area contributed by atoms with Crippen LogP contribution in [0.25, 0.3) is 10.2 Å². The van der Waals surface area contributed by atoms with Gasteiger partial charge < -0.3 is 14.5 Å². The molecule has 0 spiro atoms. The van der Waals surface area contributed by atoms with Crippen molar-refractivity contribution in [3.63, 3.8) is 0 Å². The Kier molecular flexibility index (Phi) is 7.20. The lowest BCUT2D eigenvalue weighted by molar-refractivity contribution is -0.138. The van der Waals surface area contributed by atoms with Crippen molar-refractivity contribution < 1.29 is 14.3 Å². The van der Waals surface area contributed by atoms with Gasteiger partial charge in [0.2, 0.25) is 11.8 Å². The maximum Gasteiger partial charge on any atom is 0.236 e. The Hall–Kier alpha value is -2.07. The van der Waals surface area contributed by atoms with Gasteiger partial charge in [-0.1, -0.05) is 12.1 Å². The summed E-state index contributed by atoms with van der Waals surface area (Å²) >= 11 is 1.79. The predicted molar refractivity (Wildman–Crippen MR) is 128 cm³/mol. The summed E-state index contributed by atoms with van der Waals surface area (Å²) in [5.74, 6) is 0.790. The lowest BCUT2D eigenvalue weighted by Crippen LogP contribution is -2.54. The number of piperidine rings is 1. The molecule has 1 aromatic carbocycles. The van der Waals surface area contributed by atoms with Gasteiger partial charge in [-0.3, -0.25) is 19.4 Å². The van der Waals surface area contributed by atoms with Crippen molar-refractivity contribution in [3.05, 3.63) is 29.3 Å². The number of amides is 2. The number of likely N-dealkylation sites (tertiary alicyclic amines) is 1. The Bertz CT molecular complexity index is 935. The topological polar surface area (TPSA) is 69.2 Å². The minimum Gasteiger partial charge on any atom is -0.378 e. The summed E-state index contributed by atoms with van der Waals surface area (Å²) < 4.78 is 6.57. The van der Waals surface area contributed by atoms with Crippen molar-refractivity contribution in [3.8, 4) is 0 Å². The standard InChI is InChI=1S/C24H33N5O3S/c30-22(29-12-14-32-15-13-29)17-26-8-10-28(11-9-26)23(31)18-27-7-3-4-19(16-27)24-25-20-5-1-2-6-21(20)33-24/h1-2,5-6,19H,3-4,7-18H2/t19-/m1/s1. The Morgan fingerprint density at radius 2 is 1.61 bits per heavy atom. The highest BCUT2D eigenvalue weighted by Gasteiger charge is 2.29. The molecule has 2 aromatic rings. The minimum atomic E-state index is 0.173. The molecule has 0 aliphatic carbocycles. The van der Waals surface area contributed by atoms with E-state index in [1.165, 1.54) is 9.71 Å². The van der Waals surface area contributed by atoms with Gasteiger partial charge in [0.1, 0.15) is 0 Å². The van der Waals surface area contributed by atoms with Crippen LogP contribution in [0.2, 0.25) is 0 Å². The molecule has 0 unspecified atom stereocenters. The number of benzene rings is 1. The number of nitrogens with zero attached hydrogens (tertiary/aromatic N) is 5. The molecule has 0 radical (unpaired) electrons. The van der Waals surface area contributed by atoms with E-state index in [0.717, 1.165) is 44.5 Å². The first-order valence-electron chi connectivity index (χ1n) is 12.1. The molecule has 5 rings (SSSR count). The number of thiazole rings is 1. The number of para-hydroxylation sites is 1. The van der Waals surface area contributed by atoms with Gasteiger partial charge >= 0.3 is 0 Å². The fourth-order valence-electron chi connectivity index (χ4n) is 5.02. The molecule has 33 heavy (non-hydrogen) atoms. The van der Waals surface area contributed by atoms with Gasteiger partial charge in [0.15, 0.2) is 0 Å². The second-order valence-corrected chi connectivity index (χ2v) is 10.3. The van der Waals surface area contributed by atoms with E-state index in [1.54, 1.807) is 11.3 Å². The summed E-state index contributed by atoms with van der Waals surface area (Å²) in [6, 6.07) is 8.31. The zero-order valence-corrected chi connectivity index (χ0v) is 20.0. The normalized spacial score (nSPS) is 23.2. The molecule has 1 atom stereocenters. The maximum atomic E-state index is 13.0. The van der Waals surface area contributed by atoms with Crippen LogP contribution in [0.1, 0.15) is 23.8 Å². The van der Waals surface area contributed by atoms with Gasteiger partial charge in [0, 0.05) is 51.7 Å². The van der Waals surface area contributed by atoms with E-state index in [1.807, 2.05) is 15.9 Å². The highest BCUT2D eigenvalue weighted by Crippen LogP contribution is 2.32. The average molecular weight is 472 g/mol. The van der Waals surface area contributed by atoms with E-state index < -0.39 is 0 Å².